The van der Waals surface area contributed by atoms with E-state index in [1.165, 1.54) is 18.5 Å². The highest BCUT2D eigenvalue weighted by molar-refractivity contribution is 5.42. The molecular weight excluding hydrogens is 226 g/mol. The molecule has 4 nitrogen and oxygen atoms in total. The van der Waals surface area contributed by atoms with Crippen LogP contribution in [0.1, 0.15) is 24.2 Å². The molecule has 1 atom stereocenters. The van der Waals surface area contributed by atoms with Crippen LogP contribution in [0.5, 0.6) is 0 Å². The molecule has 1 fully saturated rings. The lowest BCUT2D eigenvalue weighted by Crippen LogP contribution is -2.26. The number of pyridine rings is 1. The van der Waals surface area contributed by atoms with Crippen molar-refractivity contribution in [3.8, 4) is 0 Å². The maximum atomic E-state index is 5.61. The Morgan fingerprint density at radius 2 is 2.44 bits per heavy atom. The van der Waals surface area contributed by atoms with Crippen LogP contribution < -0.4 is 5.32 Å². The first-order chi connectivity index (χ1) is 8.84. The minimum absolute atomic E-state index is 0.393. The summed E-state index contributed by atoms with van der Waals surface area (Å²) in [5.41, 5.74) is 3.36. The molecule has 0 aliphatic carbocycles. The third-order valence-corrected chi connectivity index (χ3v) is 3.52. The third kappa shape index (κ3) is 2.26. The summed E-state index contributed by atoms with van der Waals surface area (Å²) in [5.74, 6) is 0. The second-order valence-corrected chi connectivity index (χ2v) is 4.84. The van der Waals surface area contributed by atoms with Gasteiger partial charge in [0.15, 0.2) is 0 Å². The number of nitrogens with zero attached hydrogens (tertiary/aromatic N) is 2. The van der Waals surface area contributed by atoms with Gasteiger partial charge in [-0.1, -0.05) is 6.07 Å². The summed E-state index contributed by atoms with van der Waals surface area (Å²) in [5, 5.41) is 3.48. The molecular formula is C14H19N3O. The number of hydrogen-bond donors (Lipinski definition) is 1. The lowest BCUT2D eigenvalue weighted by molar-refractivity contribution is 0.110. The molecule has 0 bridgehead atoms. The number of fused-ring (bicyclic) bond motifs is 1. The molecule has 0 aromatic carbocycles. The quantitative estimate of drug-likeness (QED) is 0.894. The molecule has 96 valence electrons. The van der Waals surface area contributed by atoms with Crippen molar-refractivity contribution < 1.29 is 4.74 Å². The van der Waals surface area contributed by atoms with Crippen LogP contribution in [0, 0.1) is 6.92 Å². The van der Waals surface area contributed by atoms with Crippen LogP contribution in [0.3, 0.4) is 0 Å². The second kappa shape index (κ2) is 5.08. The first kappa shape index (κ1) is 11.7. The van der Waals surface area contributed by atoms with E-state index < -0.39 is 0 Å². The summed E-state index contributed by atoms with van der Waals surface area (Å²) in [7, 11) is 0. The van der Waals surface area contributed by atoms with Gasteiger partial charge in [0, 0.05) is 25.9 Å². The Hall–Kier alpha value is -1.39. The molecule has 1 aliphatic rings. The van der Waals surface area contributed by atoms with E-state index in [4.69, 9.17) is 4.74 Å². The van der Waals surface area contributed by atoms with E-state index in [0.29, 0.717) is 6.10 Å². The van der Waals surface area contributed by atoms with Gasteiger partial charge in [-0.2, -0.15) is 0 Å². The van der Waals surface area contributed by atoms with Crippen molar-refractivity contribution in [3.63, 3.8) is 0 Å². The molecule has 18 heavy (non-hydrogen) atoms. The van der Waals surface area contributed by atoms with Crippen LogP contribution in [-0.2, 0) is 11.3 Å². The van der Waals surface area contributed by atoms with E-state index in [2.05, 4.69) is 27.8 Å². The number of hydrogen-bond acceptors (Lipinski definition) is 3. The monoisotopic (exact) mass is 245 g/mol. The molecule has 4 heteroatoms. The SMILES string of the molecule is Cc1nc2ccccn2c1CNCC1CCCO1. The highest BCUT2D eigenvalue weighted by Crippen LogP contribution is 2.13. The van der Waals surface area contributed by atoms with Crippen molar-refractivity contribution >= 4 is 5.65 Å². The number of nitrogens with one attached hydrogen (secondary N) is 1. The fourth-order valence-electron chi connectivity index (χ4n) is 2.53. The Labute approximate surface area is 107 Å². The average Bonchev–Trinajstić information content (AvgIpc) is 2.98. The average molecular weight is 245 g/mol. The fourth-order valence-corrected chi connectivity index (χ4v) is 2.53. The first-order valence-electron chi connectivity index (χ1n) is 6.59. The van der Waals surface area contributed by atoms with E-state index in [-0.39, 0.29) is 0 Å². The number of imidazole rings is 1. The van der Waals surface area contributed by atoms with Gasteiger partial charge in [0.25, 0.3) is 0 Å². The number of rotatable bonds is 4. The van der Waals surface area contributed by atoms with Crippen molar-refractivity contribution in [1.82, 2.24) is 14.7 Å². The van der Waals surface area contributed by atoms with Gasteiger partial charge in [0.05, 0.1) is 17.5 Å². The first-order valence-corrected chi connectivity index (χ1v) is 6.59. The van der Waals surface area contributed by atoms with Crippen molar-refractivity contribution in [1.29, 1.82) is 0 Å². The predicted octanol–water partition coefficient (Wildman–Crippen LogP) is 1.91. The van der Waals surface area contributed by atoms with Crippen molar-refractivity contribution in [2.45, 2.75) is 32.4 Å². The Morgan fingerprint density at radius 3 is 3.28 bits per heavy atom. The Morgan fingerprint density at radius 1 is 1.50 bits per heavy atom. The van der Waals surface area contributed by atoms with Gasteiger partial charge in [-0.25, -0.2) is 4.98 Å². The summed E-state index contributed by atoms with van der Waals surface area (Å²) in [6.45, 7) is 4.76. The van der Waals surface area contributed by atoms with Gasteiger partial charge in [-0.15, -0.1) is 0 Å². The summed E-state index contributed by atoms with van der Waals surface area (Å²) in [4.78, 5) is 4.56. The Bertz CT molecular complexity index is 529. The van der Waals surface area contributed by atoms with E-state index in [1.54, 1.807) is 0 Å². The zero-order chi connectivity index (χ0) is 12.4. The highest BCUT2D eigenvalue weighted by Gasteiger charge is 2.15. The lowest BCUT2D eigenvalue weighted by atomic mass is 10.2. The molecule has 1 saturated heterocycles. The summed E-state index contributed by atoms with van der Waals surface area (Å²) >= 11 is 0. The number of aromatic nitrogens is 2. The molecule has 3 heterocycles. The maximum absolute atomic E-state index is 5.61. The highest BCUT2D eigenvalue weighted by atomic mass is 16.5. The van der Waals surface area contributed by atoms with Gasteiger partial charge in [0.2, 0.25) is 0 Å². The summed E-state index contributed by atoms with van der Waals surface area (Å²) < 4.78 is 7.76. The van der Waals surface area contributed by atoms with Crippen molar-refractivity contribution in [2.75, 3.05) is 13.2 Å². The van der Waals surface area contributed by atoms with Gasteiger partial charge >= 0.3 is 0 Å². The Balaban J connectivity index is 1.68. The van der Waals surface area contributed by atoms with Crippen LogP contribution >= 0.6 is 0 Å². The minimum Gasteiger partial charge on any atom is -0.377 e. The molecule has 3 rings (SSSR count). The zero-order valence-corrected chi connectivity index (χ0v) is 10.7. The summed E-state index contributed by atoms with van der Waals surface area (Å²) in [6.07, 6.45) is 4.84. The van der Waals surface area contributed by atoms with Crippen molar-refractivity contribution in [2.24, 2.45) is 0 Å². The van der Waals surface area contributed by atoms with E-state index >= 15 is 0 Å². The molecule has 1 N–H and O–H groups in total. The van der Waals surface area contributed by atoms with Crippen LogP contribution in [0.15, 0.2) is 24.4 Å². The molecule has 2 aromatic rings. The lowest BCUT2D eigenvalue weighted by Gasteiger charge is -2.10. The van der Waals surface area contributed by atoms with Crippen LogP contribution in [0.2, 0.25) is 0 Å². The van der Waals surface area contributed by atoms with Gasteiger partial charge in [-0.3, -0.25) is 0 Å². The fraction of sp³-hybridized carbons (Fsp3) is 0.500. The maximum Gasteiger partial charge on any atom is 0.137 e. The van der Waals surface area contributed by atoms with Gasteiger partial charge < -0.3 is 14.5 Å². The Kier molecular flexibility index (Phi) is 3.30. The zero-order valence-electron chi connectivity index (χ0n) is 10.7. The molecule has 0 saturated carbocycles. The normalized spacial score (nSPS) is 19.7. The third-order valence-electron chi connectivity index (χ3n) is 3.52. The van der Waals surface area contributed by atoms with E-state index in [0.717, 1.165) is 31.0 Å². The number of aryl methyl sites for hydroxylation is 1. The largest absolute Gasteiger partial charge is 0.377 e. The van der Waals surface area contributed by atoms with Crippen LogP contribution in [0.4, 0.5) is 0 Å². The summed E-state index contributed by atoms with van der Waals surface area (Å²) in [6, 6.07) is 6.10. The predicted molar refractivity (Wildman–Crippen MR) is 70.6 cm³/mol. The van der Waals surface area contributed by atoms with Gasteiger partial charge in [-0.05, 0) is 31.9 Å². The second-order valence-electron chi connectivity index (χ2n) is 4.84. The van der Waals surface area contributed by atoms with Crippen molar-refractivity contribution in [3.05, 3.63) is 35.8 Å². The standard InChI is InChI=1S/C14H19N3O/c1-11-13(10-15-9-12-5-4-8-18-12)17-7-3-2-6-14(17)16-11/h2-3,6-7,12,15H,4-5,8-10H2,1H3. The minimum atomic E-state index is 0.393. The molecule has 0 amide bonds. The van der Waals surface area contributed by atoms with E-state index in [1.807, 2.05) is 18.2 Å². The van der Waals surface area contributed by atoms with Crippen LogP contribution in [0.25, 0.3) is 5.65 Å². The van der Waals surface area contributed by atoms with Crippen LogP contribution in [-0.4, -0.2) is 28.6 Å². The van der Waals surface area contributed by atoms with E-state index in [9.17, 15) is 0 Å². The molecule has 1 aliphatic heterocycles. The molecule has 1 unspecified atom stereocenters. The molecule has 0 spiro atoms. The molecule has 0 radical (unpaired) electrons. The smallest absolute Gasteiger partial charge is 0.137 e. The topological polar surface area (TPSA) is 38.6 Å². The van der Waals surface area contributed by atoms with Gasteiger partial charge in [0.1, 0.15) is 5.65 Å². The number of ether oxygens (including phenoxy) is 1. The molecule has 2 aromatic heterocycles.